The maximum Gasteiger partial charge on any atom is 0.0892 e. The van der Waals surface area contributed by atoms with Crippen LogP contribution in [0.4, 0.5) is 0 Å². The molecule has 2 heterocycles. The second kappa shape index (κ2) is 7.35. The summed E-state index contributed by atoms with van der Waals surface area (Å²) in [6, 6.07) is 2.00. The van der Waals surface area contributed by atoms with Gasteiger partial charge in [0.25, 0.3) is 0 Å². The molecule has 7 heteroatoms. The van der Waals surface area contributed by atoms with Crippen LogP contribution in [-0.4, -0.2) is 78.8 Å². The SMILES string of the molecule is C[N+]1([C@H]2CC[C@H]([N+]3(C)CCCC3)CC2)CCCC1.O=S(=O)([O-])[O-]. The third kappa shape index (κ3) is 5.39. The van der Waals surface area contributed by atoms with Crippen LogP contribution in [0.25, 0.3) is 0 Å². The second-order valence-electron chi connectivity index (χ2n) is 8.14. The zero-order chi connectivity index (χ0) is 17.1. The van der Waals surface area contributed by atoms with E-state index >= 15 is 0 Å². The van der Waals surface area contributed by atoms with Crippen LogP contribution >= 0.6 is 0 Å². The molecule has 0 aromatic carbocycles. The highest BCUT2D eigenvalue weighted by molar-refractivity contribution is 7.79. The van der Waals surface area contributed by atoms with E-state index in [1.54, 1.807) is 0 Å². The van der Waals surface area contributed by atoms with Gasteiger partial charge in [-0.1, -0.05) is 0 Å². The number of nitrogens with zero attached hydrogens (tertiary/aromatic N) is 2. The minimum absolute atomic E-state index is 0.998. The number of rotatable bonds is 2. The molecule has 0 aromatic rings. The van der Waals surface area contributed by atoms with Crippen LogP contribution in [0.3, 0.4) is 0 Å². The van der Waals surface area contributed by atoms with E-state index in [4.69, 9.17) is 17.5 Å². The van der Waals surface area contributed by atoms with Gasteiger partial charge in [-0.05, 0) is 0 Å². The van der Waals surface area contributed by atoms with E-state index in [0.29, 0.717) is 0 Å². The lowest BCUT2D eigenvalue weighted by molar-refractivity contribution is -0.937. The Morgan fingerprint density at radius 1 is 0.696 bits per heavy atom. The highest BCUT2D eigenvalue weighted by atomic mass is 32.3. The van der Waals surface area contributed by atoms with Crippen LogP contribution in [0.1, 0.15) is 51.4 Å². The van der Waals surface area contributed by atoms with Crippen molar-refractivity contribution in [3.05, 3.63) is 0 Å². The predicted octanol–water partition coefficient (Wildman–Crippen LogP) is 1.44. The smallest absolute Gasteiger partial charge is 0.0892 e. The summed E-state index contributed by atoms with van der Waals surface area (Å²) in [6.45, 7) is 5.84. The van der Waals surface area contributed by atoms with Crippen molar-refractivity contribution >= 4 is 10.4 Å². The molecule has 0 atom stereocenters. The fourth-order valence-electron chi connectivity index (χ4n) is 5.15. The Bertz CT molecular complexity index is 436. The Kier molecular flexibility index (Phi) is 6.11. The summed E-state index contributed by atoms with van der Waals surface area (Å²) in [5.41, 5.74) is 0. The maximum atomic E-state index is 8.52. The first-order valence-electron chi connectivity index (χ1n) is 8.98. The van der Waals surface area contributed by atoms with Gasteiger partial charge in [-0.3, -0.25) is 8.42 Å². The van der Waals surface area contributed by atoms with Crippen molar-refractivity contribution in [2.45, 2.75) is 63.5 Å². The van der Waals surface area contributed by atoms with Crippen molar-refractivity contribution < 1.29 is 26.5 Å². The molecule has 0 unspecified atom stereocenters. The zero-order valence-corrected chi connectivity index (χ0v) is 15.4. The lowest BCUT2D eigenvalue weighted by Gasteiger charge is -2.46. The van der Waals surface area contributed by atoms with Crippen LogP contribution in [0.15, 0.2) is 0 Å². The molecule has 0 bridgehead atoms. The molecule has 1 aliphatic carbocycles. The van der Waals surface area contributed by atoms with Gasteiger partial charge in [0.15, 0.2) is 0 Å². The van der Waals surface area contributed by atoms with Crippen molar-refractivity contribution in [2.75, 3.05) is 40.3 Å². The van der Waals surface area contributed by atoms with Crippen molar-refractivity contribution in [2.24, 2.45) is 0 Å². The highest BCUT2D eigenvalue weighted by Crippen LogP contribution is 2.36. The van der Waals surface area contributed by atoms with Crippen molar-refractivity contribution in [1.29, 1.82) is 0 Å². The van der Waals surface area contributed by atoms with E-state index in [-0.39, 0.29) is 0 Å². The molecule has 2 aliphatic heterocycles. The fraction of sp³-hybridized carbons (Fsp3) is 1.00. The van der Waals surface area contributed by atoms with Crippen LogP contribution in [0.2, 0.25) is 0 Å². The van der Waals surface area contributed by atoms with Gasteiger partial charge in [-0.15, -0.1) is 0 Å². The van der Waals surface area contributed by atoms with Crippen LogP contribution < -0.4 is 0 Å². The minimum Gasteiger partial charge on any atom is -0.759 e. The van der Waals surface area contributed by atoms with Gasteiger partial charge in [0, 0.05) is 61.8 Å². The summed E-state index contributed by atoms with van der Waals surface area (Å²) in [5.74, 6) is 0. The summed E-state index contributed by atoms with van der Waals surface area (Å²) in [4.78, 5) is 0. The monoisotopic (exact) mass is 348 g/mol. The second-order valence-corrected chi connectivity index (χ2v) is 8.95. The summed E-state index contributed by atoms with van der Waals surface area (Å²) in [7, 11) is -0.103. The standard InChI is InChI=1S/C16H32N2.H2O4S/c1-17(11-3-4-12-17)15-7-9-16(10-8-15)18(2)13-5-6-14-18;1-5(2,3)4/h15-16H,3-14H2,1-2H3;(H2,1,2,3,4)/q+2;/p-2/t15-,16-;. The third-order valence-electron chi connectivity index (χ3n) is 6.61. The first-order valence-corrected chi connectivity index (χ1v) is 10.3. The highest BCUT2D eigenvalue weighted by Gasteiger charge is 2.43. The van der Waals surface area contributed by atoms with Gasteiger partial charge >= 0.3 is 0 Å². The van der Waals surface area contributed by atoms with Gasteiger partial charge in [-0.25, -0.2) is 0 Å². The molecule has 0 spiro atoms. The van der Waals surface area contributed by atoms with E-state index in [2.05, 4.69) is 14.1 Å². The van der Waals surface area contributed by atoms with E-state index in [9.17, 15) is 0 Å². The molecule has 136 valence electrons. The molecule has 3 aliphatic rings. The molecular weight excluding hydrogens is 316 g/mol. The zero-order valence-electron chi connectivity index (χ0n) is 14.6. The van der Waals surface area contributed by atoms with Crippen molar-refractivity contribution in [1.82, 2.24) is 0 Å². The van der Waals surface area contributed by atoms with Gasteiger partial charge < -0.3 is 18.1 Å². The van der Waals surface area contributed by atoms with Crippen molar-refractivity contribution in [3.63, 3.8) is 0 Å². The molecular formula is C16H32N2O4S. The van der Waals surface area contributed by atoms with Crippen LogP contribution in [0, 0.1) is 0 Å². The number of quaternary nitrogens is 2. The van der Waals surface area contributed by atoms with E-state index in [1.165, 1.54) is 86.5 Å². The van der Waals surface area contributed by atoms with Crippen LogP contribution in [0.5, 0.6) is 0 Å². The topological polar surface area (TPSA) is 80.3 Å². The molecule has 2 saturated heterocycles. The average molecular weight is 349 g/mol. The Hall–Kier alpha value is -0.210. The fourth-order valence-corrected chi connectivity index (χ4v) is 5.15. The van der Waals surface area contributed by atoms with Gasteiger partial charge in [0.1, 0.15) is 0 Å². The van der Waals surface area contributed by atoms with Crippen molar-refractivity contribution in [3.8, 4) is 0 Å². The number of hydrogen-bond donors (Lipinski definition) is 0. The number of likely N-dealkylation sites (tertiary alicyclic amines) is 2. The Balaban J connectivity index is 0.000000338. The predicted molar refractivity (Wildman–Crippen MR) is 86.8 cm³/mol. The molecule has 23 heavy (non-hydrogen) atoms. The molecule has 6 nitrogen and oxygen atoms in total. The molecule has 3 rings (SSSR count). The normalized spacial score (nSPS) is 33.0. The molecule has 3 fully saturated rings. The largest absolute Gasteiger partial charge is 0.759 e. The lowest BCUT2D eigenvalue weighted by Crippen LogP contribution is -2.56. The molecule has 1 saturated carbocycles. The van der Waals surface area contributed by atoms with E-state index < -0.39 is 10.4 Å². The molecule has 0 amide bonds. The van der Waals surface area contributed by atoms with E-state index in [1.807, 2.05) is 0 Å². The van der Waals surface area contributed by atoms with Gasteiger partial charge in [0.2, 0.25) is 0 Å². The molecule has 0 radical (unpaired) electrons. The molecule has 0 N–H and O–H groups in total. The average Bonchev–Trinajstić information content (AvgIpc) is 3.08. The quantitative estimate of drug-likeness (QED) is 0.430. The van der Waals surface area contributed by atoms with Gasteiger partial charge in [0.05, 0.1) is 52.4 Å². The minimum atomic E-state index is -5.17. The first-order chi connectivity index (χ1) is 10.6. The van der Waals surface area contributed by atoms with Gasteiger partial charge in [-0.2, -0.15) is 0 Å². The third-order valence-corrected chi connectivity index (χ3v) is 6.61. The summed E-state index contributed by atoms with van der Waals surface area (Å²) < 4.78 is 36.9. The lowest BCUT2D eigenvalue weighted by atomic mass is 9.87. The number of hydrogen-bond acceptors (Lipinski definition) is 4. The first kappa shape index (κ1) is 19.1. The summed E-state index contributed by atoms with van der Waals surface area (Å²) >= 11 is 0. The Labute approximate surface area is 141 Å². The molecule has 0 aromatic heterocycles. The van der Waals surface area contributed by atoms with Crippen LogP contribution in [-0.2, 0) is 10.4 Å². The Morgan fingerprint density at radius 3 is 1.13 bits per heavy atom. The summed E-state index contributed by atoms with van der Waals surface area (Å²) in [5, 5.41) is 0. The maximum absolute atomic E-state index is 8.52. The van der Waals surface area contributed by atoms with E-state index in [0.717, 1.165) is 12.1 Å². The Morgan fingerprint density at radius 2 is 0.913 bits per heavy atom. The summed E-state index contributed by atoms with van der Waals surface area (Å²) in [6.07, 6.45) is 11.9.